The van der Waals surface area contributed by atoms with Crippen LogP contribution in [0.1, 0.15) is 19.8 Å². The quantitative estimate of drug-likeness (QED) is 0.526. The molecule has 0 aliphatic carbocycles. The van der Waals surface area contributed by atoms with Gasteiger partial charge >= 0.3 is 0 Å². The Morgan fingerprint density at radius 1 is 1.57 bits per heavy atom. The van der Waals surface area contributed by atoms with Crippen LogP contribution in [0.25, 0.3) is 0 Å². The third-order valence-electron chi connectivity index (χ3n) is 2.99. The van der Waals surface area contributed by atoms with Crippen LogP contribution in [0.4, 0.5) is 5.82 Å². The minimum atomic E-state index is 0.759. The molecule has 0 N–H and O–H groups in total. The Balaban J connectivity index is 2.13. The van der Waals surface area contributed by atoms with E-state index in [4.69, 9.17) is 0 Å². The lowest BCUT2D eigenvalue weighted by Gasteiger charge is -2.15. The van der Waals surface area contributed by atoms with Crippen LogP contribution in [0.2, 0.25) is 0 Å². The van der Waals surface area contributed by atoms with Gasteiger partial charge in [0.15, 0.2) is 0 Å². The van der Waals surface area contributed by atoms with Crippen LogP contribution in [0.15, 0.2) is 24.4 Å². The van der Waals surface area contributed by atoms with Gasteiger partial charge in [-0.2, -0.15) is 0 Å². The maximum Gasteiger partial charge on any atom is 0.279 e. The number of pyridine rings is 1. The number of anilines is 1. The van der Waals surface area contributed by atoms with Crippen molar-refractivity contribution in [3.05, 3.63) is 29.6 Å². The van der Waals surface area contributed by atoms with Gasteiger partial charge in [-0.1, -0.05) is 13.0 Å². The molecular weight excluding hydrogens is 176 g/mol. The van der Waals surface area contributed by atoms with Crippen LogP contribution in [0.5, 0.6) is 0 Å². The Morgan fingerprint density at radius 2 is 2.43 bits per heavy atom. The van der Waals surface area contributed by atoms with E-state index in [1.165, 1.54) is 12.8 Å². The van der Waals surface area contributed by atoms with Crippen molar-refractivity contribution < 1.29 is 4.73 Å². The van der Waals surface area contributed by atoms with E-state index in [0.717, 1.165) is 29.6 Å². The highest BCUT2D eigenvalue weighted by molar-refractivity contribution is 5.34. The molecule has 3 heteroatoms. The second kappa shape index (κ2) is 3.86. The van der Waals surface area contributed by atoms with Gasteiger partial charge in [-0.15, -0.1) is 0 Å². The SMILES string of the molecule is CC[C@H]1CCN(c2cccc[n+]2[O-])C1. The van der Waals surface area contributed by atoms with E-state index >= 15 is 0 Å². The molecule has 1 saturated heterocycles. The summed E-state index contributed by atoms with van der Waals surface area (Å²) in [6, 6.07) is 5.58. The van der Waals surface area contributed by atoms with Gasteiger partial charge in [0.05, 0.1) is 19.3 Å². The van der Waals surface area contributed by atoms with Gasteiger partial charge in [0.2, 0.25) is 0 Å². The Bertz CT molecular complexity index is 314. The third kappa shape index (κ3) is 1.67. The predicted octanol–water partition coefficient (Wildman–Crippen LogP) is 1.56. The van der Waals surface area contributed by atoms with Crippen molar-refractivity contribution in [1.82, 2.24) is 0 Å². The van der Waals surface area contributed by atoms with E-state index in [2.05, 4.69) is 11.8 Å². The molecule has 2 rings (SSSR count). The van der Waals surface area contributed by atoms with Gasteiger partial charge in [-0.05, 0) is 24.8 Å². The van der Waals surface area contributed by atoms with Gasteiger partial charge in [-0.3, -0.25) is 4.90 Å². The molecule has 0 spiro atoms. The minimum absolute atomic E-state index is 0.759. The minimum Gasteiger partial charge on any atom is -0.711 e. The predicted molar refractivity (Wildman–Crippen MR) is 56.0 cm³/mol. The smallest absolute Gasteiger partial charge is 0.279 e. The topological polar surface area (TPSA) is 30.2 Å². The molecule has 1 aromatic rings. The van der Waals surface area contributed by atoms with Crippen molar-refractivity contribution in [2.45, 2.75) is 19.8 Å². The number of hydrogen-bond acceptors (Lipinski definition) is 2. The molecule has 1 aliphatic rings. The largest absolute Gasteiger partial charge is 0.711 e. The van der Waals surface area contributed by atoms with E-state index in [9.17, 15) is 5.21 Å². The average Bonchev–Trinajstić information content (AvgIpc) is 2.67. The fourth-order valence-electron chi connectivity index (χ4n) is 2.04. The number of aromatic nitrogens is 1. The Hall–Kier alpha value is -1.25. The van der Waals surface area contributed by atoms with E-state index in [1.54, 1.807) is 12.3 Å². The molecule has 0 radical (unpaired) electrons. The molecule has 0 aromatic carbocycles. The highest BCUT2D eigenvalue weighted by Gasteiger charge is 2.27. The van der Waals surface area contributed by atoms with Crippen molar-refractivity contribution in [1.29, 1.82) is 0 Å². The molecule has 14 heavy (non-hydrogen) atoms. The number of rotatable bonds is 2. The van der Waals surface area contributed by atoms with E-state index in [0.29, 0.717) is 0 Å². The summed E-state index contributed by atoms with van der Waals surface area (Å²) < 4.78 is 0.956. The summed E-state index contributed by atoms with van der Waals surface area (Å²) in [6.45, 7) is 4.26. The second-order valence-corrected chi connectivity index (χ2v) is 3.89. The van der Waals surface area contributed by atoms with Crippen LogP contribution in [0.3, 0.4) is 0 Å². The summed E-state index contributed by atoms with van der Waals surface area (Å²) in [4.78, 5) is 2.18. The molecule has 1 atom stereocenters. The van der Waals surface area contributed by atoms with E-state index < -0.39 is 0 Å². The standard InChI is InChI=1S/C11H16N2O/c1-2-10-6-8-12(9-10)11-5-3-4-7-13(11)14/h3-5,7,10H,2,6,8-9H2,1H3/t10-/m0/s1. The fraction of sp³-hybridized carbons (Fsp3) is 0.545. The zero-order chi connectivity index (χ0) is 9.97. The highest BCUT2D eigenvalue weighted by Crippen LogP contribution is 2.22. The number of hydrogen-bond donors (Lipinski definition) is 0. The molecule has 76 valence electrons. The zero-order valence-electron chi connectivity index (χ0n) is 8.52. The Morgan fingerprint density at radius 3 is 3.07 bits per heavy atom. The molecule has 3 nitrogen and oxygen atoms in total. The van der Waals surface area contributed by atoms with E-state index in [-0.39, 0.29) is 0 Å². The third-order valence-corrected chi connectivity index (χ3v) is 2.99. The lowest BCUT2D eigenvalue weighted by Crippen LogP contribution is -2.36. The molecule has 1 aliphatic heterocycles. The molecule has 0 saturated carbocycles. The summed E-state index contributed by atoms with van der Waals surface area (Å²) in [5, 5.41) is 11.5. The summed E-state index contributed by atoms with van der Waals surface area (Å²) in [5.41, 5.74) is 0. The van der Waals surface area contributed by atoms with Crippen LogP contribution in [-0.2, 0) is 0 Å². The lowest BCUT2D eigenvalue weighted by molar-refractivity contribution is -0.592. The van der Waals surface area contributed by atoms with Crippen LogP contribution >= 0.6 is 0 Å². The summed E-state index contributed by atoms with van der Waals surface area (Å²) >= 11 is 0. The van der Waals surface area contributed by atoms with Gasteiger partial charge < -0.3 is 5.21 Å². The lowest BCUT2D eigenvalue weighted by atomic mass is 10.1. The van der Waals surface area contributed by atoms with Crippen molar-refractivity contribution >= 4 is 5.82 Å². The van der Waals surface area contributed by atoms with Gasteiger partial charge in [0.25, 0.3) is 5.82 Å². The van der Waals surface area contributed by atoms with Crippen molar-refractivity contribution in [2.24, 2.45) is 5.92 Å². The first-order chi connectivity index (χ1) is 6.81. The average molecular weight is 192 g/mol. The summed E-state index contributed by atoms with van der Waals surface area (Å²) in [6.07, 6.45) is 3.99. The normalized spacial score (nSPS) is 21.5. The zero-order valence-corrected chi connectivity index (χ0v) is 8.52. The van der Waals surface area contributed by atoms with Crippen molar-refractivity contribution in [3.63, 3.8) is 0 Å². The van der Waals surface area contributed by atoms with Gasteiger partial charge in [-0.25, -0.2) is 4.73 Å². The van der Waals surface area contributed by atoms with Crippen molar-refractivity contribution in [3.8, 4) is 0 Å². The fourth-order valence-corrected chi connectivity index (χ4v) is 2.04. The number of nitrogens with zero attached hydrogens (tertiary/aromatic N) is 2. The first kappa shape index (κ1) is 9.31. The van der Waals surface area contributed by atoms with Crippen LogP contribution in [0, 0.1) is 11.1 Å². The van der Waals surface area contributed by atoms with Crippen LogP contribution in [-0.4, -0.2) is 13.1 Å². The molecule has 0 amide bonds. The Labute approximate surface area is 84.6 Å². The summed E-state index contributed by atoms with van der Waals surface area (Å²) in [7, 11) is 0. The van der Waals surface area contributed by atoms with Gasteiger partial charge in [0.1, 0.15) is 0 Å². The summed E-state index contributed by atoms with van der Waals surface area (Å²) in [5.74, 6) is 1.55. The molecule has 2 heterocycles. The first-order valence-corrected chi connectivity index (χ1v) is 5.24. The van der Waals surface area contributed by atoms with Crippen molar-refractivity contribution in [2.75, 3.05) is 18.0 Å². The second-order valence-electron chi connectivity index (χ2n) is 3.89. The highest BCUT2D eigenvalue weighted by atomic mass is 16.5. The first-order valence-electron chi connectivity index (χ1n) is 5.24. The van der Waals surface area contributed by atoms with E-state index in [1.807, 2.05) is 12.1 Å². The monoisotopic (exact) mass is 192 g/mol. The molecule has 1 fully saturated rings. The van der Waals surface area contributed by atoms with Crippen LogP contribution < -0.4 is 9.63 Å². The van der Waals surface area contributed by atoms with Gasteiger partial charge in [0, 0.05) is 6.07 Å². The molecule has 1 aromatic heterocycles. The molecule has 0 bridgehead atoms. The Kier molecular flexibility index (Phi) is 2.57. The maximum absolute atomic E-state index is 11.5. The molecule has 0 unspecified atom stereocenters. The maximum atomic E-state index is 11.5. The molecular formula is C11H16N2O.